The summed E-state index contributed by atoms with van der Waals surface area (Å²) in [5.74, 6) is -0.610. The zero-order valence-electron chi connectivity index (χ0n) is 10.0. The highest BCUT2D eigenvalue weighted by molar-refractivity contribution is 9.10. The summed E-state index contributed by atoms with van der Waals surface area (Å²) >= 11 is 3.06. The zero-order valence-corrected chi connectivity index (χ0v) is 11.6. The van der Waals surface area contributed by atoms with Crippen LogP contribution in [0, 0.1) is 11.6 Å². The van der Waals surface area contributed by atoms with Crippen molar-refractivity contribution in [3.63, 3.8) is 0 Å². The SMILES string of the molecule is CCNc1ncc(F)c(Nc2ccc(F)c(Br)c2)n1. The number of hydrogen-bond acceptors (Lipinski definition) is 4. The van der Waals surface area contributed by atoms with Crippen molar-refractivity contribution in [3.8, 4) is 0 Å². The Kier molecular flexibility index (Phi) is 4.26. The van der Waals surface area contributed by atoms with E-state index in [4.69, 9.17) is 0 Å². The predicted octanol–water partition coefficient (Wildman–Crippen LogP) is 3.69. The molecule has 2 rings (SSSR count). The van der Waals surface area contributed by atoms with Gasteiger partial charge in [0.05, 0.1) is 10.7 Å². The molecule has 100 valence electrons. The summed E-state index contributed by atoms with van der Waals surface area (Å²) in [7, 11) is 0. The maximum absolute atomic E-state index is 13.6. The summed E-state index contributed by atoms with van der Waals surface area (Å²) in [5.41, 5.74) is 0.522. The molecule has 1 heterocycles. The molecule has 0 saturated carbocycles. The van der Waals surface area contributed by atoms with E-state index in [1.54, 1.807) is 0 Å². The van der Waals surface area contributed by atoms with E-state index >= 15 is 0 Å². The van der Waals surface area contributed by atoms with Gasteiger partial charge in [-0.25, -0.2) is 13.8 Å². The van der Waals surface area contributed by atoms with Crippen LogP contribution in [0.2, 0.25) is 0 Å². The fourth-order valence-corrected chi connectivity index (χ4v) is 1.79. The summed E-state index contributed by atoms with van der Waals surface area (Å²) in [4.78, 5) is 7.79. The average molecular weight is 329 g/mol. The van der Waals surface area contributed by atoms with Gasteiger partial charge in [0.25, 0.3) is 0 Å². The van der Waals surface area contributed by atoms with Crippen LogP contribution in [0.5, 0.6) is 0 Å². The first-order chi connectivity index (χ1) is 9.10. The van der Waals surface area contributed by atoms with Crippen molar-refractivity contribution in [2.24, 2.45) is 0 Å². The largest absolute Gasteiger partial charge is 0.354 e. The molecule has 2 aromatic rings. The fourth-order valence-electron chi connectivity index (χ4n) is 1.41. The van der Waals surface area contributed by atoms with Crippen LogP contribution in [-0.4, -0.2) is 16.5 Å². The molecule has 0 aliphatic carbocycles. The minimum Gasteiger partial charge on any atom is -0.354 e. The summed E-state index contributed by atoms with van der Waals surface area (Å²) in [6.45, 7) is 2.52. The monoisotopic (exact) mass is 328 g/mol. The summed E-state index contributed by atoms with van der Waals surface area (Å²) in [5, 5.41) is 5.66. The first kappa shape index (κ1) is 13.7. The second kappa shape index (κ2) is 5.92. The predicted molar refractivity (Wildman–Crippen MR) is 73.5 cm³/mol. The Morgan fingerprint density at radius 1 is 1.26 bits per heavy atom. The van der Waals surface area contributed by atoms with Gasteiger partial charge in [-0.1, -0.05) is 0 Å². The number of anilines is 3. The van der Waals surface area contributed by atoms with E-state index in [0.717, 1.165) is 6.20 Å². The van der Waals surface area contributed by atoms with Crippen molar-refractivity contribution in [2.75, 3.05) is 17.2 Å². The normalized spacial score (nSPS) is 10.3. The van der Waals surface area contributed by atoms with Crippen molar-refractivity contribution < 1.29 is 8.78 Å². The molecule has 0 saturated heterocycles. The quantitative estimate of drug-likeness (QED) is 0.898. The number of rotatable bonds is 4. The van der Waals surface area contributed by atoms with Crippen LogP contribution >= 0.6 is 15.9 Å². The van der Waals surface area contributed by atoms with Crippen molar-refractivity contribution in [2.45, 2.75) is 6.92 Å². The van der Waals surface area contributed by atoms with E-state index < -0.39 is 5.82 Å². The highest BCUT2D eigenvalue weighted by Crippen LogP contribution is 2.23. The van der Waals surface area contributed by atoms with Crippen LogP contribution in [0.25, 0.3) is 0 Å². The maximum Gasteiger partial charge on any atom is 0.224 e. The van der Waals surface area contributed by atoms with Gasteiger partial charge >= 0.3 is 0 Å². The Labute approximate surface area is 117 Å². The Hall–Kier alpha value is -1.76. The second-order valence-electron chi connectivity index (χ2n) is 3.67. The van der Waals surface area contributed by atoms with Gasteiger partial charge in [0.15, 0.2) is 11.6 Å². The van der Waals surface area contributed by atoms with Gasteiger partial charge in [0.1, 0.15) is 5.82 Å². The second-order valence-corrected chi connectivity index (χ2v) is 4.53. The molecule has 1 aromatic carbocycles. The zero-order chi connectivity index (χ0) is 13.8. The molecule has 19 heavy (non-hydrogen) atoms. The highest BCUT2D eigenvalue weighted by Gasteiger charge is 2.08. The van der Waals surface area contributed by atoms with Crippen LogP contribution in [-0.2, 0) is 0 Å². The standard InChI is InChI=1S/C12H11BrF2N4/c1-2-16-12-17-6-10(15)11(19-12)18-7-3-4-9(14)8(13)5-7/h3-6H,2H2,1H3,(H2,16,17,18,19). The molecule has 0 aliphatic heterocycles. The summed E-state index contributed by atoms with van der Waals surface area (Å²) in [6, 6.07) is 4.27. The van der Waals surface area contributed by atoms with E-state index in [0.29, 0.717) is 22.7 Å². The average Bonchev–Trinajstić information content (AvgIpc) is 2.38. The van der Waals surface area contributed by atoms with Crippen molar-refractivity contribution in [1.29, 1.82) is 0 Å². The summed E-state index contributed by atoms with van der Waals surface area (Å²) in [6.07, 6.45) is 1.08. The van der Waals surface area contributed by atoms with Crippen LogP contribution in [0.4, 0.5) is 26.2 Å². The molecule has 2 N–H and O–H groups in total. The molecule has 0 bridgehead atoms. The van der Waals surface area contributed by atoms with Gasteiger partial charge in [-0.15, -0.1) is 0 Å². The topological polar surface area (TPSA) is 49.8 Å². The van der Waals surface area contributed by atoms with Gasteiger partial charge in [-0.3, -0.25) is 0 Å². The minimum absolute atomic E-state index is 0.0319. The van der Waals surface area contributed by atoms with E-state index in [-0.39, 0.29) is 11.6 Å². The lowest BCUT2D eigenvalue weighted by atomic mass is 10.3. The Bertz CT molecular complexity index is 592. The molecular weight excluding hydrogens is 318 g/mol. The molecule has 4 nitrogen and oxygen atoms in total. The van der Waals surface area contributed by atoms with Crippen LogP contribution in [0.15, 0.2) is 28.9 Å². The Morgan fingerprint density at radius 3 is 2.74 bits per heavy atom. The molecule has 7 heteroatoms. The van der Waals surface area contributed by atoms with E-state index in [2.05, 4.69) is 36.5 Å². The molecule has 0 fully saturated rings. The lowest BCUT2D eigenvalue weighted by Gasteiger charge is -2.09. The van der Waals surface area contributed by atoms with Crippen LogP contribution < -0.4 is 10.6 Å². The Morgan fingerprint density at radius 2 is 2.05 bits per heavy atom. The molecule has 0 spiro atoms. The van der Waals surface area contributed by atoms with Crippen molar-refractivity contribution in [1.82, 2.24) is 9.97 Å². The number of hydrogen-bond donors (Lipinski definition) is 2. The fraction of sp³-hybridized carbons (Fsp3) is 0.167. The van der Waals surface area contributed by atoms with Gasteiger partial charge in [-0.2, -0.15) is 4.98 Å². The number of aromatic nitrogens is 2. The highest BCUT2D eigenvalue weighted by atomic mass is 79.9. The minimum atomic E-state index is -0.581. The molecule has 0 aliphatic rings. The Balaban J connectivity index is 2.26. The third-order valence-corrected chi connectivity index (χ3v) is 2.87. The van der Waals surface area contributed by atoms with Crippen molar-refractivity contribution >= 4 is 33.4 Å². The third kappa shape index (κ3) is 3.37. The first-order valence-corrected chi connectivity index (χ1v) is 6.38. The number of nitrogens with one attached hydrogen (secondary N) is 2. The van der Waals surface area contributed by atoms with Crippen LogP contribution in [0.3, 0.4) is 0 Å². The smallest absolute Gasteiger partial charge is 0.224 e. The van der Waals surface area contributed by atoms with E-state index in [1.165, 1.54) is 18.2 Å². The van der Waals surface area contributed by atoms with Gasteiger partial charge in [0, 0.05) is 12.2 Å². The number of benzene rings is 1. The number of halogens is 3. The van der Waals surface area contributed by atoms with E-state index in [9.17, 15) is 8.78 Å². The molecule has 1 aromatic heterocycles. The molecule has 0 amide bonds. The first-order valence-electron chi connectivity index (χ1n) is 5.58. The molecular formula is C12H11BrF2N4. The third-order valence-electron chi connectivity index (χ3n) is 2.26. The maximum atomic E-state index is 13.6. The van der Waals surface area contributed by atoms with E-state index in [1.807, 2.05) is 6.92 Å². The molecule has 0 radical (unpaired) electrons. The molecule has 0 unspecified atom stereocenters. The number of nitrogens with zero attached hydrogens (tertiary/aromatic N) is 2. The van der Waals surface area contributed by atoms with Gasteiger partial charge in [0.2, 0.25) is 5.95 Å². The van der Waals surface area contributed by atoms with Gasteiger partial charge < -0.3 is 10.6 Å². The summed E-state index contributed by atoms with van der Waals surface area (Å²) < 4.78 is 27.0. The lowest BCUT2D eigenvalue weighted by Crippen LogP contribution is -2.05. The van der Waals surface area contributed by atoms with Gasteiger partial charge in [-0.05, 0) is 41.1 Å². The van der Waals surface area contributed by atoms with Crippen molar-refractivity contribution in [3.05, 3.63) is 40.5 Å². The lowest BCUT2D eigenvalue weighted by molar-refractivity contribution is 0.618. The molecule has 0 atom stereocenters. The van der Waals surface area contributed by atoms with Crippen LogP contribution in [0.1, 0.15) is 6.92 Å².